The number of piperidine rings is 1. The fourth-order valence-corrected chi connectivity index (χ4v) is 2.99. The van der Waals surface area contributed by atoms with Crippen molar-refractivity contribution in [3.63, 3.8) is 0 Å². The van der Waals surface area contributed by atoms with Crippen molar-refractivity contribution in [3.05, 3.63) is 24.3 Å². The lowest BCUT2D eigenvalue weighted by atomic mass is 9.96. The number of benzene rings is 1. The zero-order valence-electron chi connectivity index (χ0n) is 16.3. The Balaban J connectivity index is 0.00000392. The fourth-order valence-electron chi connectivity index (χ4n) is 2.99. The van der Waals surface area contributed by atoms with Crippen molar-refractivity contribution in [3.8, 4) is 5.75 Å². The van der Waals surface area contributed by atoms with E-state index in [2.05, 4.69) is 33.8 Å². The molecule has 1 aromatic carbocycles. The van der Waals surface area contributed by atoms with Gasteiger partial charge in [0, 0.05) is 12.2 Å². The standard InChI is InChI=1S/C19H29F3N4O.HI/c1-14(2)7-10-26-11-8-15(9-12-26)13-24-18(23)25-16-3-5-17(6-4-16)27-19(20,21)22;/h3-6,14-15H,7-13H2,1-2H3,(H3,23,24,25);1H. The van der Waals surface area contributed by atoms with Gasteiger partial charge in [0.25, 0.3) is 0 Å². The first-order valence-corrected chi connectivity index (χ1v) is 9.36. The van der Waals surface area contributed by atoms with Gasteiger partial charge in [-0.05, 0) is 75.0 Å². The van der Waals surface area contributed by atoms with Gasteiger partial charge >= 0.3 is 6.36 Å². The predicted molar refractivity (Wildman–Crippen MR) is 117 cm³/mol. The molecule has 0 amide bonds. The number of aliphatic imine (C=N–C) groups is 1. The van der Waals surface area contributed by atoms with Crippen molar-refractivity contribution in [1.29, 1.82) is 0 Å². The smallest absolute Gasteiger partial charge is 0.406 e. The molecule has 1 fully saturated rings. The largest absolute Gasteiger partial charge is 0.573 e. The molecule has 5 nitrogen and oxygen atoms in total. The highest BCUT2D eigenvalue weighted by molar-refractivity contribution is 14.0. The number of rotatable bonds is 7. The van der Waals surface area contributed by atoms with Gasteiger partial charge in [-0.1, -0.05) is 13.8 Å². The fraction of sp³-hybridized carbons (Fsp3) is 0.632. The molecule has 0 radical (unpaired) electrons. The summed E-state index contributed by atoms with van der Waals surface area (Å²) >= 11 is 0. The van der Waals surface area contributed by atoms with Crippen molar-refractivity contribution in [2.75, 3.05) is 31.5 Å². The van der Waals surface area contributed by atoms with Crippen LogP contribution in [0.5, 0.6) is 5.75 Å². The number of halogens is 4. The number of alkyl halides is 3. The molecule has 160 valence electrons. The molecule has 0 atom stereocenters. The summed E-state index contributed by atoms with van der Waals surface area (Å²) in [7, 11) is 0. The number of guanidine groups is 1. The monoisotopic (exact) mass is 514 g/mol. The van der Waals surface area contributed by atoms with Crippen LogP contribution >= 0.6 is 24.0 Å². The summed E-state index contributed by atoms with van der Waals surface area (Å²) in [6, 6.07) is 5.40. The SMILES string of the molecule is CC(C)CCN1CCC(CN=C(N)Nc2ccc(OC(F)(F)F)cc2)CC1.I. The molecule has 0 unspecified atom stereocenters. The molecule has 2 rings (SSSR count). The number of anilines is 1. The van der Waals surface area contributed by atoms with E-state index < -0.39 is 6.36 Å². The summed E-state index contributed by atoms with van der Waals surface area (Å²) in [6.07, 6.45) is -1.25. The number of nitrogens with zero attached hydrogens (tertiary/aromatic N) is 2. The summed E-state index contributed by atoms with van der Waals surface area (Å²) in [6.45, 7) is 8.50. The summed E-state index contributed by atoms with van der Waals surface area (Å²) in [5.74, 6) is 1.24. The molecular formula is C19H30F3IN4O. The molecule has 0 aromatic heterocycles. The maximum Gasteiger partial charge on any atom is 0.573 e. The number of nitrogens with two attached hydrogens (primary N) is 1. The summed E-state index contributed by atoms with van der Waals surface area (Å²) in [5.41, 5.74) is 6.45. The van der Waals surface area contributed by atoms with Gasteiger partial charge in [-0.2, -0.15) is 0 Å². The molecule has 0 saturated carbocycles. The van der Waals surface area contributed by atoms with Crippen LogP contribution in [0.3, 0.4) is 0 Å². The first kappa shape index (κ1) is 24.8. The molecule has 1 aromatic rings. The molecule has 1 saturated heterocycles. The number of likely N-dealkylation sites (tertiary alicyclic amines) is 1. The minimum atomic E-state index is -4.69. The molecule has 0 spiro atoms. The van der Waals surface area contributed by atoms with E-state index in [1.165, 1.54) is 30.7 Å². The van der Waals surface area contributed by atoms with Gasteiger partial charge < -0.3 is 20.7 Å². The van der Waals surface area contributed by atoms with Crippen LogP contribution in [0.1, 0.15) is 33.1 Å². The third-order valence-electron chi connectivity index (χ3n) is 4.61. The van der Waals surface area contributed by atoms with E-state index in [1.807, 2.05) is 0 Å². The van der Waals surface area contributed by atoms with Crippen molar-refractivity contribution in [2.45, 2.75) is 39.5 Å². The van der Waals surface area contributed by atoms with Gasteiger partial charge in [-0.25, -0.2) is 0 Å². The van der Waals surface area contributed by atoms with Crippen LogP contribution in [0.25, 0.3) is 0 Å². The predicted octanol–water partition coefficient (Wildman–Crippen LogP) is 4.69. The lowest BCUT2D eigenvalue weighted by Gasteiger charge is -2.31. The molecule has 28 heavy (non-hydrogen) atoms. The van der Waals surface area contributed by atoms with Crippen LogP contribution in [0.4, 0.5) is 18.9 Å². The Hall–Kier alpha value is -1.23. The Morgan fingerprint density at radius 3 is 2.39 bits per heavy atom. The van der Waals surface area contributed by atoms with Crippen LogP contribution < -0.4 is 15.8 Å². The quantitative estimate of drug-likeness (QED) is 0.315. The number of hydrogen-bond acceptors (Lipinski definition) is 3. The molecule has 3 N–H and O–H groups in total. The van der Waals surface area contributed by atoms with E-state index in [0.717, 1.165) is 38.4 Å². The van der Waals surface area contributed by atoms with Crippen LogP contribution in [-0.4, -0.2) is 43.4 Å². The average molecular weight is 514 g/mol. The first-order chi connectivity index (χ1) is 12.7. The van der Waals surface area contributed by atoms with E-state index in [9.17, 15) is 13.2 Å². The molecule has 0 aliphatic carbocycles. The zero-order valence-corrected chi connectivity index (χ0v) is 18.7. The van der Waals surface area contributed by atoms with E-state index in [0.29, 0.717) is 18.2 Å². The second kappa shape index (κ2) is 11.7. The van der Waals surface area contributed by atoms with Crippen molar-refractivity contribution in [1.82, 2.24) is 4.90 Å². The number of nitrogens with one attached hydrogen (secondary N) is 1. The molecule has 1 aliphatic heterocycles. The average Bonchev–Trinajstić information content (AvgIpc) is 2.59. The lowest BCUT2D eigenvalue weighted by Crippen LogP contribution is -2.36. The van der Waals surface area contributed by atoms with Gasteiger partial charge in [0.15, 0.2) is 5.96 Å². The van der Waals surface area contributed by atoms with Gasteiger partial charge in [0.2, 0.25) is 0 Å². The van der Waals surface area contributed by atoms with Crippen LogP contribution in [0.15, 0.2) is 29.3 Å². The van der Waals surface area contributed by atoms with Crippen LogP contribution in [0.2, 0.25) is 0 Å². The van der Waals surface area contributed by atoms with E-state index in [4.69, 9.17) is 5.73 Å². The van der Waals surface area contributed by atoms with Crippen molar-refractivity contribution in [2.24, 2.45) is 22.6 Å². The van der Waals surface area contributed by atoms with Crippen molar-refractivity contribution >= 4 is 35.6 Å². The first-order valence-electron chi connectivity index (χ1n) is 9.36. The Bertz CT molecular complexity index is 600. The Morgan fingerprint density at radius 2 is 1.86 bits per heavy atom. The highest BCUT2D eigenvalue weighted by atomic mass is 127. The van der Waals surface area contributed by atoms with Crippen molar-refractivity contribution < 1.29 is 17.9 Å². The normalized spacial score (nSPS) is 16.7. The summed E-state index contributed by atoms with van der Waals surface area (Å²) < 4.78 is 40.3. The van der Waals surface area contributed by atoms with Crippen LogP contribution in [-0.2, 0) is 0 Å². The molecule has 9 heteroatoms. The van der Waals surface area contributed by atoms with Gasteiger partial charge in [0.05, 0.1) is 0 Å². The number of hydrogen-bond donors (Lipinski definition) is 2. The Morgan fingerprint density at radius 1 is 1.25 bits per heavy atom. The van der Waals surface area contributed by atoms with Crippen LogP contribution in [0, 0.1) is 11.8 Å². The molecule has 0 bridgehead atoms. The molecule has 1 aliphatic rings. The minimum absolute atomic E-state index is 0. The topological polar surface area (TPSA) is 62.9 Å². The van der Waals surface area contributed by atoms with E-state index in [1.54, 1.807) is 0 Å². The molecule has 1 heterocycles. The van der Waals surface area contributed by atoms with Gasteiger partial charge in [-0.15, -0.1) is 37.1 Å². The second-order valence-corrected chi connectivity index (χ2v) is 7.39. The minimum Gasteiger partial charge on any atom is -0.406 e. The highest BCUT2D eigenvalue weighted by Gasteiger charge is 2.30. The van der Waals surface area contributed by atoms with Gasteiger partial charge in [-0.3, -0.25) is 4.99 Å². The summed E-state index contributed by atoms with van der Waals surface area (Å²) in [4.78, 5) is 6.88. The van der Waals surface area contributed by atoms with E-state index in [-0.39, 0.29) is 35.7 Å². The maximum atomic E-state index is 12.2. The third-order valence-corrected chi connectivity index (χ3v) is 4.61. The Kier molecular flexibility index (Phi) is 10.4. The summed E-state index contributed by atoms with van der Waals surface area (Å²) in [5, 5.41) is 2.89. The third kappa shape index (κ3) is 9.81. The molecular weight excluding hydrogens is 484 g/mol. The van der Waals surface area contributed by atoms with Gasteiger partial charge in [0.1, 0.15) is 5.75 Å². The second-order valence-electron chi connectivity index (χ2n) is 7.39. The number of ether oxygens (including phenoxy) is 1. The van der Waals surface area contributed by atoms with E-state index >= 15 is 0 Å². The zero-order chi connectivity index (χ0) is 19.9. The maximum absolute atomic E-state index is 12.2. The lowest BCUT2D eigenvalue weighted by molar-refractivity contribution is -0.274. The Labute approximate surface area is 181 Å². The highest BCUT2D eigenvalue weighted by Crippen LogP contribution is 2.24.